The fourth-order valence-electron chi connectivity index (χ4n) is 3.32. The van der Waals surface area contributed by atoms with Crippen molar-refractivity contribution in [2.45, 2.75) is 50.4 Å². The van der Waals surface area contributed by atoms with Gasteiger partial charge < -0.3 is 37.5 Å². The van der Waals surface area contributed by atoms with Crippen LogP contribution in [-0.4, -0.2) is 69.6 Å². The van der Waals surface area contributed by atoms with E-state index in [4.69, 9.17) is 11.5 Å². The lowest BCUT2D eigenvalue weighted by molar-refractivity contribution is -0.142. The summed E-state index contributed by atoms with van der Waals surface area (Å²) < 4.78 is 0. The van der Waals surface area contributed by atoms with Gasteiger partial charge in [-0.05, 0) is 31.4 Å². The van der Waals surface area contributed by atoms with Crippen LogP contribution in [0.3, 0.4) is 0 Å². The Bertz CT molecular complexity index is 1090. The van der Waals surface area contributed by atoms with Gasteiger partial charge in [-0.2, -0.15) is 12.6 Å². The zero-order valence-corrected chi connectivity index (χ0v) is 20.0. The number of carbonyl (C=O) groups is 5. The van der Waals surface area contributed by atoms with E-state index in [1.165, 1.54) is 6.92 Å². The highest BCUT2D eigenvalue weighted by Crippen LogP contribution is 2.18. The van der Waals surface area contributed by atoms with Crippen molar-refractivity contribution in [3.05, 3.63) is 36.0 Å². The van der Waals surface area contributed by atoms with Crippen LogP contribution >= 0.6 is 12.6 Å². The zero-order chi connectivity index (χ0) is 26.1. The topological polar surface area (TPSA) is 209 Å². The number of aromatic nitrogens is 1. The summed E-state index contributed by atoms with van der Waals surface area (Å²) in [5.41, 5.74) is 12.8. The molecular weight excluding hydrogens is 476 g/mol. The first-order valence-electron chi connectivity index (χ1n) is 10.9. The molecule has 1 heterocycles. The smallest absolute Gasteiger partial charge is 0.326 e. The second-order valence-corrected chi connectivity index (χ2v) is 8.41. The van der Waals surface area contributed by atoms with Crippen LogP contribution in [0.5, 0.6) is 0 Å². The molecule has 0 bridgehead atoms. The van der Waals surface area contributed by atoms with Crippen molar-refractivity contribution in [1.29, 1.82) is 0 Å². The fraction of sp³-hybridized carbons (Fsp3) is 0.409. The number of aromatic amines is 1. The molecule has 2 aromatic rings. The quantitative estimate of drug-likeness (QED) is 0.155. The van der Waals surface area contributed by atoms with Crippen LogP contribution < -0.4 is 27.4 Å². The van der Waals surface area contributed by atoms with Gasteiger partial charge in [-0.1, -0.05) is 18.2 Å². The van der Waals surface area contributed by atoms with E-state index in [0.717, 1.165) is 16.5 Å². The molecule has 4 amide bonds. The molecule has 9 N–H and O–H groups in total. The minimum Gasteiger partial charge on any atom is -0.480 e. The van der Waals surface area contributed by atoms with Crippen LogP contribution in [0.2, 0.25) is 0 Å². The first-order valence-corrected chi connectivity index (χ1v) is 11.5. The van der Waals surface area contributed by atoms with Gasteiger partial charge >= 0.3 is 5.97 Å². The van der Waals surface area contributed by atoms with E-state index in [1.54, 1.807) is 6.20 Å². The molecule has 13 heteroatoms. The average molecular weight is 507 g/mol. The number of nitrogens with two attached hydrogens (primary N) is 2. The molecule has 0 fully saturated rings. The summed E-state index contributed by atoms with van der Waals surface area (Å²) in [6.45, 7) is 1.35. The van der Waals surface area contributed by atoms with E-state index in [-0.39, 0.29) is 25.0 Å². The standard InChI is InChI=1S/C22H30N6O6S/c1-11(19(30)27-16(22(33)34)6-7-18(24)29)26-21(32)17(10-35)28-20(31)14(23)8-12-9-25-15-5-3-2-4-13(12)15/h2-5,9,11,14,16-17,25,35H,6-8,10,23H2,1H3,(H2,24,29)(H,26,32)(H,27,30)(H,28,31)(H,33,34). The van der Waals surface area contributed by atoms with Gasteiger partial charge in [0.05, 0.1) is 6.04 Å². The Kier molecular flexibility index (Phi) is 10.1. The number of amides is 4. The summed E-state index contributed by atoms with van der Waals surface area (Å²) in [6, 6.07) is 3.07. The molecule has 1 aromatic carbocycles. The van der Waals surface area contributed by atoms with Gasteiger partial charge in [0.15, 0.2) is 0 Å². The van der Waals surface area contributed by atoms with Gasteiger partial charge in [0.2, 0.25) is 23.6 Å². The van der Waals surface area contributed by atoms with Crippen LogP contribution in [0.15, 0.2) is 30.5 Å². The van der Waals surface area contributed by atoms with E-state index in [0.29, 0.717) is 0 Å². The Morgan fingerprint density at radius 1 is 1.03 bits per heavy atom. The molecule has 0 radical (unpaired) electrons. The Hall–Kier alpha value is -3.58. The summed E-state index contributed by atoms with van der Waals surface area (Å²) in [6.07, 6.45) is 1.58. The number of hydrogen-bond donors (Lipinski definition) is 8. The van der Waals surface area contributed by atoms with E-state index in [2.05, 4.69) is 33.6 Å². The van der Waals surface area contributed by atoms with E-state index < -0.39 is 53.8 Å². The largest absolute Gasteiger partial charge is 0.480 e. The molecule has 35 heavy (non-hydrogen) atoms. The van der Waals surface area contributed by atoms with E-state index in [1.807, 2.05) is 24.3 Å². The second-order valence-electron chi connectivity index (χ2n) is 8.05. The SMILES string of the molecule is CC(NC(=O)C(CS)NC(=O)C(N)Cc1c[nH]c2ccccc12)C(=O)NC(CCC(N)=O)C(=O)O. The van der Waals surface area contributed by atoms with Gasteiger partial charge in [0.1, 0.15) is 18.1 Å². The molecule has 0 aliphatic carbocycles. The molecule has 0 saturated carbocycles. The molecule has 12 nitrogen and oxygen atoms in total. The number of aliphatic carboxylic acids is 1. The highest BCUT2D eigenvalue weighted by Gasteiger charge is 2.28. The Morgan fingerprint density at radius 3 is 2.31 bits per heavy atom. The van der Waals surface area contributed by atoms with Crippen molar-refractivity contribution in [3.63, 3.8) is 0 Å². The highest BCUT2D eigenvalue weighted by atomic mass is 32.1. The molecule has 1 aromatic heterocycles. The van der Waals surface area contributed by atoms with Crippen molar-refractivity contribution in [3.8, 4) is 0 Å². The maximum Gasteiger partial charge on any atom is 0.326 e. The Balaban J connectivity index is 1.92. The lowest BCUT2D eigenvalue weighted by atomic mass is 10.0. The number of benzene rings is 1. The Morgan fingerprint density at radius 2 is 1.69 bits per heavy atom. The summed E-state index contributed by atoms with van der Waals surface area (Å²) in [5, 5.41) is 17.3. The molecule has 0 aliphatic heterocycles. The fourth-order valence-corrected chi connectivity index (χ4v) is 3.58. The number of rotatable bonds is 13. The maximum absolute atomic E-state index is 12.6. The second kappa shape index (κ2) is 12.8. The number of H-pyrrole nitrogens is 1. The molecular formula is C22H30N6O6S. The maximum atomic E-state index is 12.6. The van der Waals surface area contributed by atoms with Crippen LogP contribution in [0.1, 0.15) is 25.3 Å². The number of nitrogens with one attached hydrogen (secondary N) is 4. The monoisotopic (exact) mass is 506 g/mol. The predicted octanol–water partition coefficient (Wildman–Crippen LogP) is -1.21. The van der Waals surface area contributed by atoms with Crippen LogP contribution in [-0.2, 0) is 30.4 Å². The number of carbonyl (C=O) groups excluding carboxylic acids is 4. The van der Waals surface area contributed by atoms with Crippen LogP contribution in [0, 0.1) is 0 Å². The molecule has 2 rings (SSSR count). The van der Waals surface area contributed by atoms with Crippen LogP contribution in [0.4, 0.5) is 0 Å². The highest BCUT2D eigenvalue weighted by molar-refractivity contribution is 7.80. The number of carboxylic acids is 1. The summed E-state index contributed by atoms with van der Waals surface area (Å²) in [7, 11) is 0. The zero-order valence-electron chi connectivity index (χ0n) is 19.1. The van der Waals surface area contributed by atoms with Gasteiger partial charge in [-0.25, -0.2) is 4.79 Å². The third-order valence-corrected chi connectivity index (χ3v) is 5.68. The molecule has 4 unspecified atom stereocenters. The van der Waals surface area contributed by atoms with Gasteiger partial charge in [-0.15, -0.1) is 0 Å². The number of fused-ring (bicyclic) bond motifs is 1. The first-order chi connectivity index (χ1) is 16.5. The molecule has 0 aliphatic rings. The average Bonchev–Trinajstić information content (AvgIpc) is 3.21. The molecule has 190 valence electrons. The van der Waals surface area contributed by atoms with Crippen molar-refractivity contribution < 1.29 is 29.1 Å². The number of para-hydroxylation sites is 1. The van der Waals surface area contributed by atoms with E-state index in [9.17, 15) is 29.1 Å². The summed E-state index contributed by atoms with van der Waals surface area (Å²) >= 11 is 4.10. The van der Waals surface area contributed by atoms with E-state index >= 15 is 0 Å². The third-order valence-electron chi connectivity index (χ3n) is 5.31. The number of hydrogen-bond acceptors (Lipinski definition) is 7. The molecule has 0 spiro atoms. The summed E-state index contributed by atoms with van der Waals surface area (Å²) in [5.74, 6) is -4.17. The lowest BCUT2D eigenvalue weighted by Crippen LogP contribution is -2.57. The van der Waals surface area contributed by atoms with Crippen molar-refractivity contribution in [1.82, 2.24) is 20.9 Å². The van der Waals surface area contributed by atoms with Crippen molar-refractivity contribution in [2.24, 2.45) is 11.5 Å². The van der Waals surface area contributed by atoms with Crippen LogP contribution in [0.25, 0.3) is 10.9 Å². The number of primary amides is 1. The van der Waals surface area contributed by atoms with Crippen molar-refractivity contribution >= 4 is 53.1 Å². The van der Waals surface area contributed by atoms with Crippen molar-refractivity contribution in [2.75, 3.05) is 5.75 Å². The summed E-state index contributed by atoms with van der Waals surface area (Å²) in [4.78, 5) is 62.8. The minimum atomic E-state index is -1.35. The first kappa shape index (κ1) is 27.7. The minimum absolute atomic E-state index is 0.0674. The van der Waals surface area contributed by atoms with Gasteiger partial charge in [0.25, 0.3) is 0 Å². The lowest BCUT2D eigenvalue weighted by Gasteiger charge is -2.22. The normalized spacial score (nSPS) is 14.4. The molecule has 4 atom stereocenters. The number of thiol groups is 1. The molecule has 0 saturated heterocycles. The van der Waals surface area contributed by atoms with Gasteiger partial charge in [-0.3, -0.25) is 19.2 Å². The third kappa shape index (κ3) is 8.00. The predicted molar refractivity (Wildman–Crippen MR) is 131 cm³/mol. The van der Waals surface area contributed by atoms with Gasteiger partial charge in [0, 0.05) is 29.3 Å². The number of carboxylic acid groups (broad SMARTS) is 1. The Labute approximate surface area is 207 Å².